The maximum absolute atomic E-state index is 12.2. The number of aryl methyl sites for hydroxylation is 1. The second-order valence-corrected chi connectivity index (χ2v) is 9.43. The van der Waals surface area contributed by atoms with Crippen LogP contribution < -0.4 is 5.32 Å². The van der Waals surface area contributed by atoms with E-state index in [0.717, 1.165) is 28.9 Å². The minimum Gasteiger partial charge on any atom is -0.351 e. The number of nitrogens with one attached hydrogen (secondary N) is 1. The van der Waals surface area contributed by atoms with Gasteiger partial charge >= 0.3 is 0 Å². The van der Waals surface area contributed by atoms with Crippen molar-refractivity contribution < 1.29 is 4.79 Å². The molecule has 1 aliphatic heterocycles. The van der Waals surface area contributed by atoms with Crippen molar-refractivity contribution in [2.24, 2.45) is 5.92 Å². The molecular formula is C21H29N3OS2. The zero-order valence-corrected chi connectivity index (χ0v) is 17.9. The molecule has 1 saturated heterocycles. The SMILES string of the molecule is Cc1nc(CSCC(=O)NCc2ccccc2CN2CCCC(C)C2)cs1. The third-order valence-electron chi connectivity index (χ3n) is 4.88. The minimum absolute atomic E-state index is 0.0911. The number of rotatable bonds is 8. The highest BCUT2D eigenvalue weighted by molar-refractivity contribution is 7.99. The largest absolute Gasteiger partial charge is 0.351 e. The number of piperidine rings is 1. The number of carbonyl (C=O) groups is 1. The van der Waals surface area contributed by atoms with Crippen molar-refractivity contribution in [3.8, 4) is 0 Å². The van der Waals surface area contributed by atoms with Crippen LogP contribution in [0.5, 0.6) is 0 Å². The summed E-state index contributed by atoms with van der Waals surface area (Å²) < 4.78 is 0. The molecule has 0 spiro atoms. The van der Waals surface area contributed by atoms with Crippen molar-refractivity contribution in [3.05, 3.63) is 51.5 Å². The number of hydrogen-bond acceptors (Lipinski definition) is 5. The maximum atomic E-state index is 12.2. The predicted molar refractivity (Wildman–Crippen MR) is 115 cm³/mol. The monoisotopic (exact) mass is 403 g/mol. The van der Waals surface area contributed by atoms with Gasteiger partial charge in [0.2, 0.25) is 5.91 Å². The lowest BCUT2D eigenvalue weighted by atomic mass is 9.99. The molecule has 146 valence electrons. The Hall–Kier alpha value is -1.37. The molecule has 1 aliphatic rings. The molecular weight excluding hydrogens is 374 g/mol. The van der Waals surface area contributed by atoms with Crippen molar-refractivity contribution in [2.45, 2.75) is 45.5 Å². The third-order valence-corrected chi connectivity index (χ3v) is 6.67. The fraction of sp³-hybridized carbons (Fsp3) is 0.524. The number of likely N-dealkylation sites (tertiary alicyclic amines) is 1. The molecule has 1 aromatic heterocycles. The highest BCUT2D eigenvalue weighted by Gasteiger charge is 2.17. The third kappa shape index (κ3) is 6.63. The van der Waals surface area contributed by atoms with E-state index >= 15 is 0 Å². The Morgan fingerprint density at radius 3 is 2.93 bits per heavy atom. The van der Waals surface area contributed by atoms with E-state index in [1.54, 1.807) is 23.1 Å². The molecule has 6 heteroatoms. The molecule has 1 N–H and O–H groups in total. The van der Waals surface area contributed by atoms with Gasteiger partial charge in [-0.3, -0.25) is 9.69 Å². The van der Waals surface area contributed by atoms with Gasteiger partial charge in [-0.25, -0.2) is 4.98 Å². The van der Waals surface area contributed by atoms with Gasteiger partial charge < -0.3 is 5.32 Å². The Balaban J connectivity index is 1.45. The molecule has 1 fully saturated rings. The van der Waals surface area contributed by atoms with Gasteiger partial charge in [0.25, 0.3) is 0 Å². The van der Waals surface area contributed by atoms with Crippen molar-refractivity contribution in [1.29, 1.82) is 0 Å². The summed E-state index contributed by atoms with van der Waals surface area (Å²) in [6.07, 6.45) is 2.63. The van der Waals surface area contributed by atoms with E-state index in [1.807, 2.05) is 6.92 Å². The Bertz CT molecular complexity index is 747. The first-order valence-corrected chi connectivity index (χ1v) is 11.7. The van der Waals surface area contributed by atoms with Crippen LogP contribution in [-0.2, 0) is 23.6 Å². The number of thioether (sulfide) groups is 1. The predicted octanol–water partition coefficient (Wildman–Crippen LogP) is 4.23. The Morgan fingerprint density at radius 1 is 1.37 bits per heavy atom. The fourth-order valence-corrected chi connectivity index (χ4v) is 4.99. The number of amides is 1. The molecule has 2 aromatic rings. The zero-order chi connectivity index (χ0) is 19.1. The van der Waals surface area contributed by atoms with Crippen molar-refractivity contribution >= 4 is 29.0 Å². The van der Waals surface area contributed by atoms with Crippen molar-refractivity contribution in [2.75, 3.05) is 18.8 Å². The molecule has 1 amide bonds. The molecule has 2 heterocycles. The lowest BCUT2D eigenvalue weighted by Gasteiger charge is -2.31. The molecule has 4 nitrogen and oxygen atoms in total. The molecule has 0 bridgehead atoms. The number of nitrogens with zero attached hydrogens (tertiary/aromatic N) is 2. The van der Waals surface area contributed by atoms with Gasteiger partial charge in [0.05, 0.1) is 16.5 Å². The van der Waals surface area contributed by atoms with E-state index in [1.165, 1.54) is 37.1 Å². The molecule has 3 rings (SSSR count). The first-order valence-electron chi connectivity index (χ1n) is 9.64. The first kappa shape index (κ1) is 20.4. The van der Waals surface area contributed by atoms with Gasteiger partial charge in [0.1, 0.15) is 0 Å². The van der Waals surface area contributed by atoms with E-state index in [2.05, 4.69) is 51.8 Å². The maximum Gasteiger partial charge on any atom is 0.230 e. The van der Waals surface area contributed by atoms with Crippen molar-refractivity contribution in [1.82, 2.24) is 15.2 Å². The van der Waals surface area contributed by atoms with Crippen LogP contribution in [0.25, 0.3) is 0 Å². The Labute approximate surface area is 170 Å². The highest BCUT2D eigenvalue weighted by atomic mass is 32.2. The average Bonchev–Trinajstić information content (AvgIpc) is 3.06. The Morgan fingerprint density at radius 2 is 2.19 bits per heavy atom. The van der Waals surface area contributed by atoms with Crippen LogP contribution in [0.2, 0.25) is 0 Å². The molecule has 27 heavy (non-hydrogen) atoms. The molecule has 0 aliphatic carbocycles. The van der Waals surface area contributed by atoms with Crippen LogP contribution in [-0.4, -0.2) is 34.6 Å². The number of hydrogen-bond donors (Lipinski definition) is 1. The standard InChI is InChI=1S/C21H29N3OS2/c1-16-6-5-9-24(11-16)12-19-8-4-3-7-18(19)10-22-21(25)15-26-13-20-14-27-17(2)23-20/h3-4,7-8,14,16H,5-6,9-13,15H2,1-2H3,(H,22,25). The molecule has 1 unspecified atom stereocenters. The summed E-state index contributed by atoms with van der Waals surface area (Å²) in [5, 5.41) is 6.23. The van der Waals surface area contributed by atoms with Crippen LogP contribution in [0.4, 0.5) is 0 Å². The zero-order valence-electron chi connectivity index (χ0n) is 16.2. The Kier molecular flexibility index (Phi) is 7.73. The second kappa shape index (κ2) is 10.2. The van der Waals surface area contributed by atoms with E-state index < -0.39 is 0 Å². The summed E-state index contributed by atoms with van der Waals surface area (Å²) in [5.41, 5.74) is 3.62. The number of thiazole rings is 1. The number of benzene rings is 1. The summed E-state index contributed by atoms with van der Waals surface area (Å²) in [7, 11) is 0. The number of carbonyl (C=O) groups excluding carboxylic acids is 1. The quantitative estimate of drug-likeness (QED) is 0.716. The summed E-state index contributed by atoms with van der Waals surface area (Å²) >= 11 is 3.28. The van der Waals surface area contributed by atoms with Gasteiger partial charge in [-0.05, 0) is 43.4 Å². The van der Waals surface area contributed by atoms with Gasteiger partial charge in [-0.2, -0.15) is 0 Å². The lowest BCUT2D eigenvalue weighted by Crippen LogP contribution is -2.34. The van der Waals surface area contributed by atoms with E-state index in [4.69, 9.17) is 0 Å². The summed E-state index contributed by atoms with van der Waals surface area (Å²) in [4.78, 5) is 19.2. The second-order valence-electron chi connectivity index (χ2n) is 7.38. The van der Waals surface area contributed by atoms with E-state index in [-0.39, 0.29) is 5.91 Å². The van der Waals surface area contributed by atoms with Crippen molar-refractivity contribution in [3.63, 3.8) is 0 Å². The van der Waals surface area contributed by atoms with Gasteiger partial charge in [0, 0.05) is 30.8 Å². The highest BCUT2D eigenvalue weighted by Crippen LogP contribution is 2.20. The summed E-state index contributed by atoms with van der Waals surface area (Å²) in [6.45, 7) is 8.28. The molecule has 1 atom stereocenters. The molecule has 0 radical (unpaired) electrons. The molecule has 1 aromatic carbocycles. The fourth-order valence-electron chi connectivity index (χ4n) is 3.52. The van der Waals surface area contributed by atoms with Gasteiger partial charge in [-0.15, -0.1) is 23.1 Å². The molecule has 0 saturated carbocycles. The summed E-state index contributed by atoms with van der Waals surface area (Å²) in [5.74, 6) is 2.14. The van der Waals surface area contributed by atoms with Gasteiger partial charge in [-0.1, -0.05) is 31.2 Å². The smallest absolute Gasteiger partial charge is 0.230 e. The topological polar surface area (TPSA) is 45.2 Å². The summed E-state index contributed by atoms with van der Waals surface area (Å²) in [6, 6.07) is 8.48. The van der Waals surface area contributed by atoms with E-state index in [9.17, 15) is 4.79 Å². The van der Waals surface area contributed by atoms with Crippen LogP contribution in [0.1, 0.15) is 41.6 Å². The van der Waals surface area contributed by atoms with Crippen LogP contribution in [0.15, 0.2) is 29.6 Å². The first-order chi connectivity index (χ1) is 13.1. The van der Waals surface area contributed by atoms with Crippen LogP contribution in [0.3, 0.4) is 0 Å². The lowest BCUT2D eigenvalue weighted by molar-refractivity contribution is -0.118. The van der Waals surface area contributed by atoms with Crippen LogP contribution in [0, 0.1) is 12.8 Å². The van der Waals surface area contributed by atoms with Gasteiger partial charge in [0.15, 0.2) is 0 Å². The minimum atomic E-state index is 0.0911. The number of aromatic nitrogens is 1. The van der Waals surface area contributed by atoms with E-state index in [0.29, 0.717) is 12.3 Å². The average molecular weight is 404 g/mol. The normalized spacial score (nSPS) is 17.8. The van der Waals surface area contributed by atoms with Crippen LogP contribution >= 0.6 is 23.1 Å².